The van der Waals surface area contributed by atoms with Gasteiger partial charge in [0.1, 0.15) is 0 Å². The number of aliphatic hydroxyl groups excluding tert-OH is 2. The van der Waals surface area contributed by atoms with Crippen LogP contribution in [-0.2, 0) is 5.75 Å². The molecule has 1 aromatic carbocycles. The van der Waals surface area contributed by atoms with E-state index in [2.05, 4.69) is 12.1 Å². The summed E-state index contributed by atoms with van der Waals surface area (Å²) in [4.78, 5) is 0. The van der Waals surface area contributed by atoms with Gasteiger partial charge in [0, 0.05) is 5.75 Å². The molecule has 0 heterocycles. The maximum absolute atomic E-state index is 9.12. The highest BCUT2D eigenvalue weighted by Crippen LogP contribution is 2.13. The predicted molar refractivity (Wildman–Crippen MR) is 64.9 cm³/mol. The van der Waals surface area contributed by atoms with Crippen molar-refractivity contribution in [2.75, 3.05) is 12.4 Å². The molecule has 0 bridgehead atoms. The van der Waals surface area contributed by atoms with Crippen LogP contribution < -0.4 is 0 Å². The van der Waals surface area contributed by atoms with E-state index in [0.29, 0.717) is 6.42 Å². The summed E-state index contributed by atoms with van der Waals surface area (Å²) in [7, 11) is 0. The SMILES string of the molecule is OCC(O)CCCSCc1ccccc1. The molecule has 1 atom stereocenters. The lowest BCUT2D eigenvalue weighted by atomic mass is 10.2. The highest BCUT2D eigenvalue weighted by atomic mass is 32.2. The molecule has 2 N–H and O–H groups in total. The van der Waals surface area contributed by atoms with Crippen molar-refractivity contribution in [3.8, 4) is 0 Å². The van der Waals surface area contributed by atoms with Gasteiger partial charge < -0.3 is 10.2 Å². The number of thioether (sulfide) groups is 1. The molecule has 3 heteroatoms. The Hall–Kier alpha value is -0.510. The van der Waals surface area contributed by atoms with Crippen LogP contribution in [0.25, 0.3) is 0 Å². The molecule has 0 aliphatic carbocycles. The Morgan fingerprint density at radius 3 is 2.60 bits per heavy atom. The normalized spacial score (nSPS) is 12.7. The summed E-state index contributed by atoms with van der Waals surface area (Å²) in [5, 5.41) is 17.7. The second kappa shape index (κ2) is 7.74. The van der Waals surface area contributed by atoms with Crippen LogP contribution in [0.15, 0.2) is 30.3 Å². The quantitative estimate of drug-likeness (QED) is 0.699. The third kappa shape index (κ3) is 5.82. The van der Waals surface area contributed by atoms with Crippen molar-refractivity contribution < 1.29 is 10.2 Å². The summed E-state index contributed by atoms with van der Waals surface area (Å²) in [5.41, 5.74) is 1.34. The van der Waals surface area contributed by atoms with Crippen LogP contribution in [0.5, 0.6) is 0 Å². The zero-order chi connectivity index (χ0) is 10.9. The van der Waals surface area contributed by atoms with Crippen molar-refractivity contribution in [3.63, 3.8) is 0 Å². The topological polar surface area (TPSA) is 40.5 Å². The van der Waals surface area contributed by atoms with Crippen LogP contribution in [0.4, 0.5) is 0 Å². The third-order valence-corrected chi connectivity index (χ3v) is 3.26. The van der Waals surface area contributed by atoms with Gasteiger partial charge in [-0.15, -0.1) is 0 Å². The molecule has 0 saturated heterocycles. The second-order valence-electron chi connectivity index (χ2n) is 3.52. The number of aliphatic hydroxyl groups is 2. The minimum atomic E-state index is -0.540. The molecule has 1 rings (SSSR count). The molecule has 0 aliphatic heterocycles. The van der Waals surface area contributed by atoms with Crippen LogP contribution in [0.3, 0.4) is 0 Å². The van der Waals surface area contributed by atoms with E-state index in [-0.39, 0.29) is 6.61 Å². The van der Waals surface area contributed by atoms with Crippen molar-refractivity contribution in [3.05, 3.63) is 35.9 Å². The Bertz CT molecular complexity index is 251. The van der Waals surface area contributed by atoms with Gasteiger partial charge in [0.25, 0.3) is 0 Å². The molecule has 0 saturated carbocycles. The van der Waals surface area contributed by atoms with E-state index < -0.39 is 6.10 Å². The number of hydrogen-bond donors (Lipinski definition) is 2. The first-order valence-electron chi connectivity index (χ1n) is 5.23. The van der Waals surface area contributed by atoms with Gasteiger partial charge in [0.2, 0.25) is 0 Å². The summed E-state index contributed by atoms with van der Waals surface area (Å²) in [6, 6.07) is 10.4. The molecule has 0 radical (unpaired) electrons. The number of benzene rings is 1. The van der Waals surface area contributed by atoms with Crippen LogP contribution in [0, 0.1) is 0 Å². The molecule has 2 nitrogen and oxygen atoms in total. The van der Waals surface area contributed by atoms with E-state index in [0.717, 1.165) is 17.9 Å². The van der Waals surface area contributed by atoms with Gasteiger partial charge in [-0.25, -0.2) is 0 Å². The van der Waals surface area contributed by atoms with Gasteiger partial charge in [-0.3, -0.25) is 0 Å². The van der Waals surface area contributed by atoms with Gasteiger partial charge in [-0.2, -0.15) is 11.8 Å². The summed E-state index contributed by atoms with van der Waals surface area (Å²) in [6.45, 7) is -0.122. The van der Waals surface area contributed by atoms with E-state index in [1.165, 1.54) is 5.56 Å². The van der Waals surface area contributed by atoms with E-state index in [9.17, 15) is 0 Å². The highest BCUT2D eigenvalue weighted by Gasteiger charge is 2.00. The first kappa shape index (κ1) is 12.6. The van der Waals surface area contributed by atoms with Gasteiger partial charge in [-0.05, 0) is 24.2 Å². The Balaban J connectivity index is 2.03. The maximum Gasteiger partial charge on any atom is 0.0771 e. The standard InChI is InChI=1S/C12H18O2S/c13-9-12(14)7-4-8-15-10-11-5-2-1-3-6-11/h1-3,5-6,12-14H,4,7-10H2. The minimum Gasteiger partial charge on any atom is -0.394 e. The third-order valence-electron chi connectivity index (χ3n) is 2.15. The van der Waals surface area contributed by atoms with Crippen LogP contribution in [0.2, 0.25) is 0 Å². The fourth-order valence-corrected chi connectivity index (χ4v) is 2.22. The van der Waals surface area contributed by atoms with Crippen molar-refractivity contribution in [2.24, 2.45) is 0 Å². The molecule has 0 fully saturated rings. The Kier molecular flexibility index (Phi) is 6.48. The first-order valence-corrected chi connectivity index (χ1v) is 6.39. The number of hydrogen-bond acceptors (Lipinski definition) is 3. The Labute approximate surface area is 95.3 Å². The molecule has 0 aromatic heterocycles. The van der Waals surface area contributed by atoms with Gasteiger partial charge in [-0.1, -0.05) is 30.3 Å². The maximum atomic E-state index is 9.12. The van der Waals surface area contributed by atoms with Crippen molar-refractivity contribution in [1.29, 1.82) is 0 Å². The molecule has 1 aromatic rings. The molecule has 84 valence electrons. The lowest BCUT2D eigenvalue weighted by Crippen LogP contribution is -2.11. The smallest absolute Gasteiger partial charge is 0.0771 e. The van der Waals surface area contributed by atoms with Crippen molar-refractivity contribution >= 4 is 11.8 Å². The van der Waals surface area contributed by atoms with E-state index in [4.69, 9.17) is 10.2 Å². The van der Waals surface area contributed by atoms with Crippen LogP contribution >= 0.6 is 11.8 Å². The summed E-state index contributed by atoms with van der Waals surface area (Å²) in [5.74, 6) is 2.06. The lowest BCUT2D eigenvalue weighted by molar-refractivity contribution is 0.0880. The van der Waals surface area contributed by atoms with Crippen LogP contribution in [-0.4, -0.2) is 28.7 Å². The highest BCUT2D eigenvalue weighted by molar-refractivity contribution is 7.98. The molecule has 0 spiro atoms. The molecular formula is C12H18O2S. The average molecular weight is 226 g/mol. The Morgan fingerprint density at radius 1 is 1.20 bits per heavy atom. The fourth-order valence-electron chi connectivity index (χ4n) is 1.28. The zero-order valence-electron chi connectivity index (χ0n) is 8.80. The summed E-state index contributed by atoms with van der Waals surface area (Å²) >= 11 is 1.87. The average Bonchev–Trinajstić information content (AvgIpc) is 2.29. The van der Waals surface area contributed by atoms with E-state index >= 15 is 0 Å². The number of rotatable bonds is 7. The predicted octanol–water partition coefficient (Wildman–Crippen LogP) is 2.05. The lowest BCUT2D eigenvalue weighted by Gasteiger charge is -2.06. The minimum absolute atomic E-state index is 0.122. The molecular weight excluding hydrogens is 208 g/mol. The Morgan fingerprint density at radius 2 is 1.93 bits per heavy atom. The monoisotopic (exact) mass is 226 g/mol. The zero-order valence-corrected chi connectivity index (χ0v) is 9.62. The first-order chi connectivity index (χ1) is 7.33. The van der Waals surface area contributed by atoms with Crippen molar-refractivity contribution in [1.82, 2.24) is 0 Å². The van der Waals surface area contributed by atoms with Crippen molar-refractivity contribution in [2.45, 2.75) is 24.7 Å². The second-order valence-corrected chi connectivity index (χ2v) is 4.62. The molecule has 0 amide bonds. The van der Waals surface area contributed by atoms with Gasteiger partial charge in [0.05, 0.1) is 12.7 Å². The summed E-state index contributed by atoms with van der Waals surface area (Å²) < 4.78 is 0. The molecule has 15 heavy (non-hydrogen) atoms. The molecule has 1 unspecified atom stereocenters. The van der Waals surface area contributed by atoms with Crippen LogP contribution in [0.1, 0.15) is 18.4 Å². The largest absolute Gasteiger partial charge is 0.394 e. The van der Waals surface area contributed by atoms with E-state index in [1.807, 2.05) is 30.0 Å². The molecule has 0 aliphatic rings. The van der Waals surface area contributed by atoms with Gasteiger partial charge >= 0.3 is 0 Å². The summed E-state index contributed by atoms with van der Waals surface area (Å²) in [6.07, 6.45) is 1.11. The van der Waals surface area contributed by atoms with Gasteiger partial charge in [0.15, 0.2) is 0 Å². The van der Waals surface area contributed by atoms with E-state index in [1.54, 1.807) is 0 Å². The fraction of sp³-hybridized carbons (Fsp3) is 0.500.